The summed E-state index contributed by atoms with van der Waals surface area (Å²) in [5.74, 6) is -0.548. The van der Waals surface area contributed by atoms with E-state index in [0.717, 1.165) is 36.8 Å². The lowest BCUT2D eigenvalue weighted by Crippen LogP contribution is -2.43. The zero-order chi connectivity index (χ0) is 51.8. The molecule has 1 amide bonds. The highest BCUT2D eigenvalue weighted by molar-refractivity contribution is 7.87. The molecule has 0 radical (unpaired) electrons. The summed E-state index contributed by atoms with van der Waals surface area (Å²) in [5.41, 5.74) is 10.4. The zero-order valence-electron chi connectivity index (χ0n) is 41.6. The van der Waals surface area contributed by atoms with Gasteiger partial charge in [-0.1, -0.05) is 88.4 Å². The summed E-state index contributed by atoms with van der Waals surface area (Å²) in [5, 5.41) is 9.81. The average Bonchev–Trinajstić information content (AvgIpc) is 4.18. The third-order valence-electron chi connectivity index (χ3n) is 12.9. The summed E-state index contributed by atoms with van der Waals surface area (Å²) in [6, 6.07) is 34.9. The number of hydrogen-bond donors (Lipinski definition) is 3. The molecule has 0 saturated carbocycles. The number of pyridine rings is 2. The number of aromatic nitrogens is 2. The summed E-state index contributed by atoms with van der Waals surface area (Å²) in [4.78, 5) is 39.2. The maximum Gasteiger partial charge on any atom is 0.339 e. The number of carboxylic acid groups (broad SMARTS) is 1. The lowest BCUT2D eigenvalue weighted by Gasteiger charge is -2.28. The number of nitrogens with zero attached hydrogens (tertiary/aromatic N) is 5. The van der Waals surface area contributed by atoms with Gasteiger partial charge < -0.3 is 30.1 Å². The third kappa shape index (κ3) is 13.0. The van der Waals surface area contributed by atoms with Gasteiger partial charge >= 0.3 is 16.2 Å². The Kier molecular flexibility index (Phi) is 16.7. The minimum atomic E-state index is -4.09. The second kappa shape index (κ2) is 23.3. The van der Waals surface area contributed by atoms with Crippen LogP contribution in [0, 0.1) is 23.5 Å². The summed E-state index contributed by atoms with van der Waals surface area (Å²) < 4.78 is 69.8. The normalized spacial score (nSPS) is 18.0. The van der Waals surface area contributed by atoms with E-state index in [2.05, 4.69) is 21.8 Å². The van der Waals surface area contributed by atoms with Crippen molar-refractivity contribution in [1.29, 1.82) is 0 Å². The van der Waals surface area contributed by atoms with Crippen LogP contribution in [-0.2, 0) is 10.2 Å². The van der Waals surface area contributed by atoms with Crippen LogP contribution in [0.1, 0.15) is 104 Å². The molecule has 5 heterocycles. The Balaban J connectivity index is 0.000000201. The largest absolute Gasteiger partial charge is 0.493 e. The van der Waals surface area contributed by atoms with Crippen molar-refractivity contribution in [2.24, 2.45) is 17.6 Å². The van der Waals surface area contributed by atoms with Crippen molar-refractivity contribution in [3.8, 4) is 34.0 Å². The maximum absolute atomic E-state index is 14.6. The molecule has 14 nitrogen and oxygen atoms in total. The van der Waals surface area contributed by atoms with Crippen molar-refractivity contribution in [2.45, 2.75) is 77.9 Å². The summed E-state index contributed by atoms with van der Waals surface area (Å²) >= 11 is 0. The van der Waals surface area contributed by atoms with Gasteiger partial charge in [-0.05, 0) is 104 Å². The SMILES string of the molecule is CC(C)COc1cc(F)cc(-c2ccc(C(=O)NS(=O)(=O)N3CC[C@@H](N)C3)c(N3CCCC3c3ccccc3)n2)c1.CC(C)COc1cc(F)cc(-c2ccc(C(=O)O)c(N3CCCC3c3ccccc3)n2)c1. The van der Waals surface area contributed by atoms with Gasteiger partial charge in [0.05, 0.1) is 42.2 Å². The molecule has 9 rings (SSSR count). The highest BCUT2D eigenvalue weighted by Gasteiger charge is 2.35. The van der Waals surface area contributed by atoms with Crippen LogP contribution >= 0.6 is 0 Å². The van der Waals surface area contributed by atoms with Gasteiger partial charge in [-0.3, -0.25) is 4.79 Å². The van der Waals surface area contributed by atoms with Gasteiger partial charge in [-0.25, -0.2) is 28.3 Å². The van der Waals surface area contributed by atoms with Crippen molar-refractivity contribution >= 4 is 33.7 Å². The molecule has 2 unspecified atom stereocenters. The van der Waals surface area contributed by atoms with E-state index in [0.29, 0.717) is 84.3 Å². The summed E-state index contributed by atoms with van der Waals surface area (Å²) in [7, 11) is -4.09. The van der Waals surface area contributed by atoms with Gasteiger partial charge in [0.2, 0.25) is 0 Å². The Hall–Kier alpha value is -6.95. The molecule has 3 aliphatic rings. The van der Waals surface area contributed by atoms with E-state index in [4.69, 9.17) is 25.2 Å². The van der Waals surface area contributed by atoms with E-state index in [1.807, 2.05) is 81.1 Å². The van der Waals surface area contributed by atoms with E-state index >= 15 is 0 Å². The fourth-order valence-electron chi connectivity index (χ4n) is 9.41. The Morgan fingerprint density at radius 2 is 1.14 bits per heavy atom. The number of carbonyl (C=O) groups is 2. The molecule has 0 bridgehead atoms. The predicted molar refractivity (Wildman–Crippen MR) is 279 cm³/mol. The Labute approximate surface area is 426 Å². The molecule has 17 heteroatoms. The van der Waals surface area contributed by atoms with Crippen LogP contribution in [0.15, 0.2) is 121 Å². The van der Waals surface area contributed by atoms with Crippen molar-refractivity contribution in [3.05, 3.63) is 155 Å². The van der Waals surface area contributed by atoms with Gasteiger partial charge in [0.25, 0.3) is 5.91 Å². The lowest BCUT2D eigenvalue weighted by atomic mass is 10.0. The molecule has 0 aliphatic carbocycles. The number of nitrogens with one attached hydrogen (secondary N) is 1. The molecular formula is C56H63F2N7O7S. The van der Waals surface area contributed by atoms with Crippen LogP contribution in [0.5, 0.6) is 11.5 Å². The fraction of sp³-hybridized carbons (Fsp3) is 0.357. The highest BCUT2D eigenvalue weighted by atomic mass is 32.2. The molecule has 4 aromatic carbocycles. The van der Waals surface area contributed by atoms with E-state index in [9.17, 15) is 31.9 Å². The van der Waals surface area contributed by atoms with Gasteiger partial charge in [-0.15, -0.1) is 0 Å². The van der Waals surface area contributed by atoms with Crippen LogP contribution in [-0.4, -0.2) is 85.1 Å². The number of aromatic carboxylic acids is 1. The van der Waals surface area contributed by atoms with E-state index in [1.54, 1.807) is 36.4 Å². The molecule has 6 aromatic rings. The quantitative estimate of drug-likeness (QED) is 0.0836. The number of nitrogens with two attached hydrogens (primary N) is 1. The molecule has 2 aromatic heterocycles. The van der Waals surface area contributed by atoms with Gasteiger partial charge in [0, 0.05) is 55.5 Å². The van der Waals surface area contributed by atoms with Crippen LogP contribution < -0.4 is 29.7 Å². The number of carboxylic acids is 1. The Morgan fingerprint density at radius 1 is 0.671 bits per heavy atom. The molecule has 384 valence electrons. The molecule has 4 N–H and O–H groups in total. The number of ether oxygens (including phenoxy) is 2. The molecule has 73 heavy (non-hydrogen) atoms. The third-order valence-corrected chi connectivity index (χ3v) is 14.3. The number of hydrogen-bond acceptors (Lipinski definition) is 11. The van der Waals surface area contributed by atoms with Crippen LogP contribution in [0.25, 0.3) is 22.5 Å². The van der Waals surface area contributed by atoms with E-state index < -0.39 is 33.7 Å². The maximum atomic E-state index is 14.6. The van der Waals surface area contributed by atoms with Crippen LogP contribution in [0.4, 0.5) is 20.4 Å². The van der Waals surface area contributed by atoms with Crippen LogP contribution in [0.2, 0.25) is 0 Å². The first kappa shape index (κ1) is 52.4. The lowest BCUT2D eigenvalue weighted by molar-refractivity contribution is 0.0696. The first-order valence-electron chi connectivity index (χ1n) is 24.9. The molecule has 3 atom stereocenters. The fourth-order valence-corrected chi connectivity index (χ4v) is 10.6. The van der Waals surface area contributed by atoms with E-state index in [-0.39, 0.29) is 48.3 Å². The number of rotatable bonds is 16. The topological polar surface area (TPSA) is 181 Å². The van der Waals surface area contributed by atoms with E-state index in [1.165, 1.54) is 28.6 Å². The number of carbonyl (C=O) groups excluding carboxylic acids is 1. The number of benzene rings is 4. The first-order chi connectivity index (χ1) is 35.0. The predicted octanol–water partition coefficient (Wildman–Crippen LogP) is 10.2. The summed E-state index contributed by atoms with van der Waals surface area (Å²) in [6.07, 6.45) is 4.09. The number of halogens is 2. The van der Waals surface area contributed by atoms with Crippen molar-refractivity contribution in [2.75, 3.05) is 49.2 Å². The molecule has 0 spiro atoms. The van der Waals surface area contributed by atoms with Crippen LogP contribution in [0.3, 0.4) is 0 Å². The monoisotopic (exact) mass is 1020 g/mol. The van der Waals surface area contributed by atoms with Gasteiger partial charge in [0.1, 0.15) is 40.3 Å². The number of amides is 1. The highest BCUT2D eigenvalue weighted by Crippen LogP contribution is 2.40. The minimum Gasteiger partial charge on any atom is -0.493 e. The minimum absolute atomic E-state index is 0.0505. The Morgan fingerprint density at radius 3 is 1.58 bits per heavy atom. The molecule has 3 aliphatic heterocycles. The molecule has 3 saturated heterocycles. The second-order valence-electron chi connectivity index (χ2n) is 19.6. The average molecular weight is 1020 g/mol. The Bertz CT molecular complexity index is 3000. The standard InChI is InChI=1S/C30H36FN5O4S.C26H27FN2O3/c1-20(2)19-40-25-16-22(15-23(31)17-25)27-11-10-26(30(37)34-41(38,39)35-14-12-24(32)18-35)29(33-27)36-13-6-9-28(36)21-7-4-3-5-8-21;1-17(2)16-32-21-14-19(13-20(27)15-21)23-11-10-22(26(30)31)25(28-23)29-12-6-9-24(29)18-7-4-3-5-8-18/h3-5,7-8,10-11,15-17,20,24,28H,6,9,12-14,18-19,32H2,1-2H3,(H,34,37);3-5,7-8,10-11,13-15,17,24H,6,9,12,16H2,1-2H3,(H,30,31)/t24-,28?;/m1./s1. The van der Waals surface area contributed by atoms with Gasteiger partial charge in [0.15, 0.2) is 0 Å². The molecule has 3 fully saturated rings. The second-order valence-corrected chi connectivity index (χ2v) is 21.2. The van der Waals surface area contributed by atoms with Crippen molar-refractivity contribution < 1.29 is 41.4 Å². The zero-order valence-corrected chi connectivity index (χ0v) is 42.4. The first-order valence-corrected chi connectivity index (χ1v) is 26.3. The van der Waals surface area contributed by atoms with Crippen molar-refractivity contribution in [1.82, 2.24) is 19.0 Å². The molecular weight excluding hydrogens is 953 g/mol. The summed E-state index contributed by atoms with van der Waals surface area (Å²) in [6.45, 7) is 10.7. The number of anilines is 2. The van der Waals surface area contributed by atoms with Gasteiger partial charge in [-0.2, -0.15) is 12.7 Å². The smallest absolute Gasteiger partial charge is 0.339 e. The van der Waals surface area contributed by atoms with Crippen molar-refractivity contribution in [3.63, 3.8) is 0 Å².